The van der Waals surface area contributed by atoms with E-state index in [2.05, 4.69) is 62.3 Å². The molecule has 0 saturated carbocycles. The maximum Gasteiger partial charge on any atom is 0.323 e. The zero-order valence-corrected chi connectivity index (χ0v) is 23.2. The number of hydrogen-bond donors (Lipinski definition) is 2. The van der Waals surface area contributed by atoms with Crippen LogP contribution in [0.5, 0.6) is 0 Å². The van der Waals surface area contributed by atoms with E-state index < -0.39 is 0 Å². The van der Waals surface area contributed by atoms with Crippen molar-refractivity contribution in [2.75, 3.05) is 35.2 Å². The highest BCUT2D eigenvalue weighted by Crippen LogP contribution is 2.34. The minimum Gasteiger partial charge on any atom is -0.466 e. The summed E-state index contributed by atoms with van der Waals surface area (Å²) in [6.07, 6.45) is 1.94. The van der Waals surface area contributed by atoms with E-state index in [0.717, 1.165) is 54.1 Å². The van der Waals surface area contributed by atoms with Crippen LogP contribution in [0.2, 0.25) is 0 Å². The van der Waals surface area contributed by atoms with Crippen molar-refractivity contribution in [3.63, 3.8) is 0 Å². The van der Waals surface area contributed by atoms with Gasteiger partial charge < -0.3 is 20.3 Å². The van der Waals surface area contributed by atoms with Crippen molar-refractivity contribution in [1.29, 1.82) is 0 Å². The average Bonchev–Trinajstić information content (AvgIpc) is 2.81. The van der Waals surface area contributed by atoms with Gasteiger partial charge in [-0.1, -0.05) is 65.3 Å². The second kappa shape index (κ2) is 14.5. The Labute approximate surface area is 217 Å². The number of nitrogens with one attached hydrogen (secondary N) is 2. The molecule has 6 heteroatoms. The number of rotatable bonds is 13. The highest BCUT2D eigenvalue weighted by molar-refractivity contribution is 6.02. The molecule has 0 heterocycles. The molecule has 0 bridgehead atoms. The van der Waals surface area contributed by atoms with Gasteiger partial charge in [0.25, 0.3) is 0 Å². The van der Waals surface area contributed by atoms with Gasteiger partial charge in [0, 0.05) is 18.8 Å². The Kier molecular flexibility index (Phi) is 11.8. The molecule has 0 radical (unpaired) electrons. The molecule has 198 valence electrons. The number of hydrogen-bond acceptors (Lipinski definition) is 4. The van der Waals surface area contributed by atoms with Crippen molar-refractivity contribution in [2.24, 2.45) is 11.8 Å². The van der Waals surface area contributed by atoms with Crippen LogP contribution in [0.3, 0.4) is 0 Å². The fourth-order valence-corrected chi connectivity index (χ4v) is 4.23. The van der Waals surface area contributed by atoms with E-state index in [1.807, 2.05) is 44.2 Å². The quantitative estimate of drug-likeness (QED) is 0.281. The largest absolute Gasteiger partial charge is 0.466 e. The van der Waals surface area contributed by atoms with Gasteiger partial charge in [0.1, 0.15) is 0 Å². The molecule has 6 nitrogen and oxygen atoms in total. The Morgan fingerprint density at radius 2 is 1.56 bits per heavy atom. The monoisotopic (exact) mass is 495 g/mol. The molecule has 0 saturated heterocycles. The molecule has 0 aliphatic heterocycles. The zero-order valence-electron chi connectivity index (χ0n) is 23.2. The van der Waals surface area contributed by atoms with Crippen LogP contribution in [0.1, 0.15) is 77.8 Å². The fourth-order valence-electron chi connectivity index (χ4n) is 4.23. The summed E-state index contributed by atoms with van der Waals surface area (Å²) in [7, 11) is 0. The molecule has 36 heavy (non-hydrogen) atoms. The van der Waals surface area contributed by atoms with Gasteiger partial charge in [0.05, 0.1) is 24.4 Å². The number of carbonyl (C=O) groups excluding carboxylic acids is 2. The molecule has 1 unspecified atom stereocenters. The summed E-state index contributed by atoms with van der Waals surface area (Å²) >= 11 is 0. The van der Waals surface area contributed by atoms with E-state index in [-0.39, 0.29) is 17.9 Å². The normalized spacial score (nSPS) is 11.9. The van der Waals surface area contributed by atoms with E-state index in [1.165, 1.54) is 0 Å². The first-order valence-electron chi connectivity index (χ1n) is 13.3. The lowest BCUT2D eigenvalue weighted by Crippen LogP contribution is -2.32. The Morgan fingerprint density at radius 3 is 2.11 bits per heavy atom. The number of ether oxygens (including phenoxy) is 1. The lowest BCUT2D eigenvalue weighted by atomic mass is 9.92. The molecule has 0 aliphatic carbocycles. The smallest absolute Gasteiger partial charge is 0.323 e. The minimum atomic E-state index is -0.290. The molecular weight excluding hydrogens is 450 g/mol. The van der Waals surface area contributed by atoms with Crippen LogP contribution in [-0.4, -0.2) is 31.7 Å². The minimum absolute atomic E-state index is 0.0211. The predicted octanol–water partition coefficient (Wildman–Crippen LogP) is 7.59. The van der Waals surface area contributed by atoms with Gasteiger partial charge in [0.15, 0.2) is 0 Å². The van der Waals surface area contributed by atoms with Crippen molar-refractivity contribution in [1.82, 2.24) is 0 Å². The number of carbonyl (C=O) groups is 2. The van der Waals surface area contributed by atoms with Crippen LogP contribution in [-0.2, 0) is 9.53 Å². The third-order valence-corrected chi connectivity index (χ3v) is 5.93. The number of amides is 2. The molecule has 2 N–H and O–H groups in total. The summed E-state index contributed by atoms with van der Waals surface area (Å²) in [6.45, 7) is 17.1. The summed E-state index contributed by atoms with van der Waals surface area (Å²) in [5.41, 5.74) is 4.64. The molecule has 1 atom stereocenters. The van der Waals surface area contributed by atoms with E-state index in [4.69, 9.17) is 4.74 Å². The van der Waals surface area contributed by atoms with E-state index >= 15 is 0 Å². The highest BCUT2D eigenvalue weighted by atomic mass is 16.5. The number of aryl methyl sites for hydroxylation is 1. The Hall–Kier alpha value is -3.02. The summed E-state index contributed by atoms with van der Waals surface area (Å²) in [5.74, 6) is 0.775. The molecule has 2 aromatic carbocycles. The summed E-state index contributed by atoms with van der Waals surface area (Å²) in [6, 6.07) is 13.6. The van der Waals surface area contributed by atoms with Crippen LogP contribution in [0.25, 0.3) is 0 Å². The van der Waals surface area contributed by atoms with E-state index in [1.54, 1.807) is 0 Å². The Morgan fingerprint density at radius 1 is 0.917 bits per heavy atom. The van der Waals surface area contributed by atoms with Gasteiger partial charge >= 0.3 is 12.0 Å². The third kappa shape index (κ3) is 9.56. The third-order valence-electron chi connectivity index (χ3n) is 5.93. The second-order valence-electron chi connectivity index (χ2n) is 10.4. The van der Waals surface area contributed by atoms with Crippen LogP contribution in [0.15, 0.2) is 42.5 Å². The Bertz CT molecular complexity index is 960. The van der Waals surface area contributed by atoms with Crippen LogP contribution < -0.4 is 15.5 Å². The maximum absolute atomic E-state index is 13.0. The van der Waals surface area contributed by atoms with Crippen LogP contribution in [0.4, 0.5) is 21.9 Å². The molecule has 2 aromatic rings. The molecule has 2 amide bonds. The van der Waals surface area contributed by atoms with Gasteiger partial charge in [-0.2, -0.15) is 0 Å². The summed E-state index contributed by atoms with van der Waals surface area (Å²) in [5, 5.41) is 6.04. The van der Waals surface area contributed by atoms with Crippen LogP contribution >= 0.6 is 0 Å². The second-order valence-corrected chi connectivity index (χ2v) is 10.4. The molecule has 0 fully saturated rings. The van der Waals surface area contributed by atoms with Crippen LogP contribution in [0, 0.1) is 18.8 Å². The van der Waals surface area contributed by atoms with Crippen molar-refractivity contribution in [3.8, 4) is 0 Å². The number of benzene rings is 2. The van der Waals surface area contributed by atoms with E-state index in [9.17, 15) is 9.59 Å². The summed E-state index contributed by atoms with van der Waals surface area (Å²) < 4.78 is 5.34. The fraction of sp³-hybridized carbons (Fsp3) is 0.533. The topological polar surface area (TPSA) is 70.7 Å². The standard InChI is InChI=1S/C30H45N3O3/c1-8-16-36-29(34)18-24(9-2)25-12-15-28(33(19-21(3)4)20-22(5)6)27(17-25)32-30(35)31-26-13-10-23(7)11-14-26/h10-15,17,21-22,24H,8-9,16,18-20H2,1-7H3,(H2,31,32,35). The first kappa shape index (κ1) is 29.2. The van der Waals surface area contributed by atoms with Gasteiger partial charge in [-0.25, -0.2) is 4.79 Å². The van der Waals surface area contributed by atoms with Crippen molar-refractivity contribution in [2.45, 2.75) is 73.6 Å². The molecule has 0 aromatic heterocycles. The molecular formula is C30H45N3O3. The molecule has 0 aliphatic rings. The molecule has 2 rings (SSSR count). The molecule has 0 spiro atoms. The van der Waals surface area contributed by atoms with Gasteiger partial charge in [-0.3, -0.25) is 4.79 Å². The lowest BCUT2D eigenvalue weighted by Gasteiger charge is -2.31. The van der Waals surface area contributed by atoms with Crippen molar-refractivity contribution in [3.05, 3.63) is 53.6 Å². The number of esters is 1. The average molecular weight is 496 g/mol. The Balaban J connectivity index is 2.38. The summed E-state index contributed by atoms with van der Waals surface area (Å²) in [4.78, 5) is 27.7. The SMILES string of the molecule is CCCOC(=O)CC(CC)c1ccc(N(CC(C)C)CC(C)C)c(NC(=O)Nc2ccc(C)cc2)c1. The predicted molar refractivity (Wildman–Crippen MR) is 151 cm³/mol. The van der Waals surface area contributed by atoms with Gasteiger partial charge in [-0.05, 0) is 67.3 Å². The van der Waals surface area contributed by atoms with Gasteiger partial charge in [-0.15, -0.1) is 0 Å². The lowest BCUT2D eigenvalue weighted by molar-refractivity contribution is -0.144. The van der Waals surface area contributed by atoms with Crippen molar-refractivity contribution >= 4 is 29.1 Å². The van der Waals surface area contributed by atoms with Crippen molar-refractivity contribution < 1.29 is 14.3 Å². The van der Waals surface area contributed by atoms with Gasteiger partial charge in [0.2, 0.25) is 0 Å². The van der Waals surface area contributed by atoms with E-state index in [0.29, 0.717) is 24.9 Å². The first-order chi connectivity index (χ1) is 17.1. The number of anilines is 3. The maximum atomic E-state index is 13.0. The highest BCUT2D eigenvalue weighted by Gasteiger charge is 2.21. The first-order valence-corrected chi connectivity index (χ1v) is 13.3. The zero-order chi connectivity index (χ0) is 26.7. The number of nitrogens with zero attached hydrogens (tertiary/aromatic N) is 1. The number of urea groups is 1.